The molecule has 1 aliphatic carbocycles. The van der Waals surface area contributed by atoms with Gasteiger partial charge in [-0.05, 0) is 72.7 Å². The van der Waals surface area contributed by atoms with E-state index >= 15 is 0 Å². The monoisotopic (exact) mass is 500 g/mol. The van der Waals surface area contributed by atoms with Gasteiger partial charge in [0.15, 0.2) is 5.78 Å². The molecule has 4 aromatic rings. The van der Waals surface area contributed by atoms with Crippen molar-refractivity contribution in [3.05, 3.63) is 126 Å². The number of carbonyl (C=O) groups excluding carboxylic acids is 1. The van der Waals surface area contributed by atoms with Crippen LogP contribution in [0.5, 0.6) is 5.75 Å². The number of rotatable bonds is 5. The maximum Gasteiger partial charge on any atom is 0.163 e. The van der Waals surface area contributed by atoms with Gasteiger partial charge in [-0.1, -0.05) is 78.9 Å². The Kier molecular flexibility index (Phi) is 6.47. The molecule has 0 saturated heterocycles. The molecule has 0 fully saturated rings. The van der Waals surface area contributed by atoms with Crippen LogP contribution in [0, 0.1) is 0 Å². The minimum atomic E-state index is -0.221. The molecular weight excluding hydrogens is 468 g/mol. The van der Waals surface area contributed by atoms with Crippen LogP contribution in [0.3, 0.4) is 0 Å². The Morgan fingerprint density at radius 1 is 0.711 bits per heavy atom. The lowest BCUT2D eigenvalue weighted by Crippen LogP contribution is -2.26. The molecule has 2 unspecified atom stereocenters. The SMILES string of the molecule is CC(C)Oc1ccc(C2CC(=O)C3=C(C2)Nc2ccccc2NC3c2ccc(-c3ccccc3)cc2)cc1. The average molecular weight is 501 g/mol. The molecule has 38 heavy (non-hydrogen) atoms. The molecule has 2 aliphatic rings. The fourth-order valence-electron chi connectivity index (χ4n) is 5.57. The Balaban J connectivity index is 1.35. The molecule has 0 aromatic heterocycles. The number of fused-ring (bicyclic) bond motifs is 1. The third kappa shape index (κ3) is 4.82. The normalized spacial score (nSPS) is 18.7. The highest BCUT2D eigenvalue weighted by atomic mass is 16.5. The van der Waals surface area contributed by atoms with E-state index in [0.717, 1.165) is 51.5 Å². The van der Waals surface area contributed by atoms with E-state index in [1.807, 2.05) is 44.2 Å². The van der Waals surface area contributed by atoms with Crippen LogP contribution in [0.2, 0.25) is 0 Å². The van der Waals surface area contributed by atoms with E-state index < -0.39 is 0 Å². The van der Waals surface area contributed by atoms with Crippen molar-refractivity contribution in [3.8, 4) is 16.9 Å². The van der Waals surface area contributed by atoms with E-state index in [1.165, 1.54) is 5.56 Å². The van der Waals surface area contributed by atoms with Gasteiger partial charge in [0.05, 0.1) is 23.5 Å². The Hall–Kier alpha value is -4.31. The molecule has 4 aromatic carbocycles. The van der Waals surface area contributed by atoms with Crippen LogP contribution in [0.4, 0.5) is 11.4 Å². The zero-order chi connectivity index (χ0) is 26.1. The van der Waals surface area contributed by atoms with Gasteiger partial charge in [0.1, 0.15) is 5.75 Å². The molecule has 190 valence electrons. The molecule has 2 atom stereocenters. The van der Waals surface area contributed by atoms with Crippen LogP contribution in [0.15, 0.2) is 114 Å². The first-order chi connectivity index (χ1) is 18.5. The van der Waals surface area contributed by atoms with Gasteiger partial charge in [-0.2, -0.15) is 0 Å². The second-order valence-electron chi connectivity index (χ2n) is 10.4. The standard InChI is InChI=1S/C34H32N2O2/c1-22(2)38-28-18-16-25(17-19-28)27-20-31-33(32(37)21-27)34(36-30-11-7-6-10-29(30)35-31)26-14-12-24(13-15-26)23-8-4-3-5-9-23/h3-19,22,27,34-36H,20-21H2,1-2H3. The topological polar surface area (TPSA) is 50.4 Å². The summed E-state index contributed by atoms with van der Waals surface area (Å²) in [5, 5.41) is 7.32. The van der Waals surface area contributed by atoms with Crippen molar-refractivity contribution in [2.24, 2.45) is 0 Å². The number of hydrogen-bond acceptors (Lipinski definition) is 4. The Labute approximate surface area is 224 Å². The van der Waals surface area contributed by atoms with Crippen LogP contribution >= 0.6 is 0 Å². The number of anilines is 2. The Morgan fingerprint density at radius 2 is 1.34 bits per heavy atom. The second-order valence-corrected chi connectivity index (χ2v) is 10.4. The molecule has 0 amide bonds. The molecule has 1 aliphatic heterocycles. The maximum atomic E-state index is 13.8. The van der Waals surface area contributed by atoms with Crippen LogP contribution in [0.1, 0.15) is 49.8 Å². The highest BCUT2D eigenvalue weighted by molar-refractivity contribution is 6.01. The number of ether oxygens (including phenoxy) is 1. The van der Waals surface area contributed by atoms with Crippen LogP contribution in [-0.2, 0) is 4.79 Å². The number of allylic oxidation sites excluding steroid dienone is 1. The van der Waals surface area contributed by atoms with Crippen molar-refractivity contribution in [1.82, 2.24) is 0 Å². The van der Waals surface area contributed by atoms with Crippen molar-refractivity contribution in [3.63, 3.8) is 0 Å². The minimum Gasteiger partial charge on any atom is -0.491 e. The average Bonchev–Trinajstić information content (AvgIpc) is 3.11. The maximum absolute atomic E-state index is 13.8. The summed E-state index contributed by atoms with van der Waals surface area (Å²) in [6.45, 7) is 4.05. The van der Waals surface area contributed by atoms with Gasteiger partial charge < -0.3 is 15.4 Å². The van der Waals surface area contributed by atoms with Crippen molar-refractivity contribution >= 4 is 17.2 Å². The zero-order valence-corrected chi connectivity index (χ0v) is 21.8. The summed E-state index contributed by atoms with van der Waals surface area (Å²) in [6.07, 6.45) is 1.40. The number of Topliss-reactive ketones (excluding diaryl/α,β-unsaturated/α-hetero) is 1. The van der Waals surface area contributed by atoms with Crippen LogP contribution < -0.4 is 15.4 Å². The van der Waals surface area contributed by atoms with Gasteiger partial charge in [-0.15, -0.1) is 0 Å². The van der Waals surface area contributed by atoms with Crippen LogP contribution in [-0.4, -0.2) is 11.9 Å². The van der Waals surface area contributed by atoms with E-state index in [4.69, 9.17) is 4.74 Å². The fourth-order valence-corrected chi connectivity index (χ4v) is 5.57. The zero-order valence-electron chi connectivity index (χ0n) is 21.8. The van der Waals surface area contributed by atoms with Gasteiger partial charge in [-0.3, -0.25) is 4.79 Å². The number of ketones is 1. The highest BCUT2D eigenvalue weighted by Gasteiger charge is 2.36. The molecule has 0 radical (unpaired) electrons. The summed E-state index contributed by atoms with van der Waals surface area (Å²) < 4.78 is 5.82. The summed E-state index contributed by atoms with van der Waals surface area (Å²) in [6, 6.07) is 35.1. The van der Waals surface area contributed by atoms with Crippen molar-refractivity contribution < 1.29 is 9.53 Å². The van der Waals surface area contributed by atoms with E-state index in [1.54, 1.807) is 0 Å². The van der Waals surface area contributed by atoms with E-state index in [9.17, 15) is 4.79 Å². The predicted octanol–water partition coefficient (Wildman–Crippen LogP) is 8.12. The lowest BCUT2D eigenvalue weighted by Gasteiger charge is -2.30. The van der Waals surface area contributed by atoms with E-state index in [0.29, 0.717) is 6.42 Å². The molecule has 1 heterocycles. The number of benzene rings is 4. The molecule has 4 heteroatoms. The third-order valence-corrected chi connectivity index (χ3v) is 7.38. The summed E-state index contributed by atoms with van der Waals surface area (Å²) in [4.78, 5) is 13.8. The first kappa shape index (κ1) is 24.1. The molecule has 6 rings (SSSR count). The molecule has 0 bridgehead atoms. The van der Waals surface area contributed by atoms with Crippen molar-refractivity contribution in [2.45, 2.75) is 44.8 Å². The Morgan fingerprint density at radius 3 is 2.05 bits per heavy atom. The highest BCUT2D eigenvalue weighted by Crippen LogP contribution is 2.44. The fraction of sp³-hybridized carbons (Fsp3) is 0.206. The van der Waals surface area contributed by atoms with Gasteiger partial charge in [0.25, 0.3) is 0 Å². The lowest BCUT2D eigenvalue weighted by atomic mass is 9.78. The second kappa shape index (κ2) is 10.2. The number of para-hydroxylation sites is 2. The summed E-state index contributed by atoms with van der Waals surface area (Å²) in [5.74, 6) is 1.16. The van der Waals surface area contributed by atoms with Gasteiger partial charge in [0.2, 0.25) is 0 Å². The van der Waals surface area contributed by atoms with Crippen molar-refractivity contribution in [1.29, 1.82) is 0 Å². The smallest absolute Gasteiger partial charge is 0.163 e. The number of carbonyl (C=O) groups is 1. The lowest BCUT2D eigenvalue weighted by molar-refractivity contribution is -0.116. The van der Waals surface area contributed by atoms with Crippen molar-refractivity contribution in [2.75, 3.05) is 10.6 Å². The predicted molar refractivity (Wildman–Crippen MR) is 155 cm³/mol. The Bertz CT molecular complexity index is 1470. The summed E-state index contributed by atoms with van der Waals surface area (Å²) >= 11 is 0. The molecule has 0 spiro atoms. The summed E-state index contributed by atoms with van der Waals surface area (Å²) in [5.41, 5.74) is 8.43. The first-order valence-electron chi connectivity index (χ1n) is 13.4. The molecular formula is C34H32N2O2. The minimum absolute atomic E-state index is 0.119. The number of nitrogens with one attached hydrogen (secondary N) is 2. The molecule has 0 saturated carbocycles. The largest absolute Gasteiger partial charge is 0.491 e. The molecule has 2 N–H and O–H groups in total. The number of hydrogen-bond donors (Lipinski definition) is 2. The molecule has 4 nitrogen and oxygen atoms in total. The third-order valence-electron chi connectivity index (χ3n) is 7.38. The van der Waals surface area contributed by atoms with E-state index in [-0.39, 0.29) is 23.8 Å². The van der Waals surface area contributed by atoms with Gasteiger partial charge in [-0.25, -0.2) is 0 Å². The first-order valence-corrected chi connectivity index (χ1v) is 13.4. The van der Waals surface area contributed by atoms with Gasteiger partial charge >= 0.3 is 0 Å². The van der Waals surface area contributed by atoms with Gasteiger partial charge in [0, 0.05) is 17.7 Å². The van der Waals surface area contributed by atoms with Crippen LogP contribution in [0.25, 0.3) is 11.1 Å². The quantitative estimate of drug-likeness (QED) is 0.290. The van der Waals surface area contributed by atoms with E-state index in [2.05, 4.69) is 83.4 Å². The summed E-state index contributed by atoms with van der Waals surface area (Å²) in [7, 11) is 0.